The molecular formula is C26H19N5O2S2. The van der Waals surface area contributed by atoms with Gasteiger partial charge in [0.05, 0.1) is 16.9 Å². The van der Waals surface area contributed by atoms with Gasteiger partial charge in [-0.3, -0.25) is 9.36 Å². The first kappa shape index (κ1) is 21.6. The van der Waals surface area contributed by atoms with Crippen LogP contribution in [-0.2, 0) is 0 Å². The molecule has 0 aliphatic carbocycles. The summed E-state index contributed by atoms with van der Waals surface area (Å²) in [5.74, 6) is 1.83. The number of benzene rings is 2. The Morgan fingerprint density at radius 1 is 1.00 bits per heavy atom. The number of aromatic nitrogens is 5. The van der Waals surface area contributed by atoms with Gasteiger partial charge in [-0.25, -0.2) is 4.98 Å². The fourth-order valence-corrected chi connectivity index (χ4v) is 5.80. The average molecular weight is 498 g/mol. The first-order valence-electron chi connectivity index (χ1n) is 11.0. The number of hydrogen-bond donors (Lipinski definition) is 1. The molecule has 1 atom stereocenters. The van der Waals surface area contributed by atoms with Crippen molar-refractivity contribution in [3.8, 4) is 28.4 Å². The van der Waals surface area contributed by atoms with Crippen molar-refractivity contribution in [3.63, 3.8) is 0 Å². The van der Waals surface area contributed by atoms with Gasteiger partial charge in [0.25, 0.3) is 5.56 Å². The lowest BCUT2D eigenvalue weighted by Gasteiger charge is -2.13. The summed E-state index contributed by atoms with van der Waals surface area (Å²) in [5, 5.41) is 11.9. The molecule has 6 aromatic rings. The number of thiophene rings is 1. The molecule has 0 amide bonds. The maximum atomic E-state index is 13.1. The Kier molecular flexibility index (Phi) is 5.55. The zero-order chi connectivity index (χ0) is 23.8. The second-order valence-electron chi connectivity index (χ2n) is 7.86. The number of aromatic amines is 1. The molecule has 4 heterocycles. The maximum absolute atomic E-state index is 13.1. The first-order chi connectivity index (χ1) is 17.2. The Balaban J connectivity index is 1.38. The van der Waals surface area contributed by atoms with E-state index in [-0.39, 0.29) is 10.8 Å². The molecular weight excluding hydrogens is 478 g/mol. The van der Waals surface area contributed by atoms with Crippen LogP contribution in [0.3, 0.4) is 0 Å². The van der Waals surface area contributed by atoms with Gasteiger partial charge < -0.3 is 9.40 Å². The molecule has 1 N–H and O–H groups in total. The van der Waals surface area contributed by atoms with Crippen LogP contribution in [0.5, 0.6) is 0 Å². The Bertz CT molecular complexity index is 1660. The summed E-state index contributed by atoms with van der Waals surface area (Å²) in [4.78, 5) is 21.6. The highest BCUT2D eigenvalue weighted by Crippen LogP contribution is 2.37. The van der Waals surface area contributed by atoms with Crippen molar-refractivity contribution in [2.75, 3.05) is 0 Å². The third-order valence-electron chi connectivity index (χ3n) is 5.60. The standard InChI is InChI=1S/C26H19N5O2S2/c1-16(22-27-24(32)21-19(15-34-25(21)28-22)17-9-4-2-5-10-17)35-26-30-29-23(20-13-8-14-33-20)31(26)18-11-6-3-7-12-18/h2-16H,1H3,(H,27,28,32). The monoisotopic (exact) mass is 497 g/mol. The van der Waals surface area contributed by atoms with Crippen molar-refractivity contribution in [2.45, 2.75) is 17.3 Å². The molecule has 0 saturated heterocycles. The van der Waals surface area contributed by atoms with E-state index in [4.69, 9.17) is 9.40 Å². The molecule has 0 fully saturated rings. The van der Waals surface area contributed by atoms with E-state index in [2.05, 4.69) is 15.2 Å². The number of H-pyrrole nitrogens is 1. The van der Waals surface area contributed by atoms with Gasteiger partial charge >= 0.3 is 0 Å². The normalized spacial score (nSPS) is 12.3. The van der Waals surface area contributed by atoms with E-state index in [1.54, 1.807) is 6.26 Å². The summed E-state index contributed by atoms with van der Waals surface area (Å²) in [5.41, 5.74) is 2.68. The van der Waals surface area contributed by atoms with Gasteiger partial charge in [0.1, 0.15) is 10.7 Å². The van der Waals surface area contributed by atoms with Gasteiger partial charge in [-0.15, -0.1) is 21.5 Å². The quantitative estimate of drug-likeness (QED) is 0.270. The Hall–Kier alpha value is -3.95. The number of fused-ring (bicyclic) bond motifs is 1. The minimum absolute atomic E-state index is 0.140. The highest BCUT2D eigenvalue weighted by Gasteiger charge is 2.22. The third kappa shape index (κ3) is 3.98. The molecule has 7 nitrogen and oxygen atoms in total. The molecule has 2 aromatic carbocycles. The molecule has 6 rings (SSSR count). The summed E-state index contributed by atoms with van der Waals surface area (Å²) in [6, 6.07) is 23.5. The van der Waals surface area contributed by atoms with Crippen molar-refractivity contribution < 1.29 is 4.42 Å². The van der Waals surface area contributed by atoms with E-state index >= 15 is 0 Å². The van der Waals surface area contributed by atoms with Crippen LogP contribution in [-0.4, -0.2) is 24.7 Å². The van der Waals surface area contributed by atoms with Crippen molar-refractivity contribution in [1.29, 1.82) is 0 Å². The summed E-state index contributed by atoms with van der Waals surface area (Å²) in [6.07, 6.45) is 1.61. The number of para-hydroxylation sites is 1. The van der Waals surface area contributed by atoms with Gasteiger partial charge in [-0.05, 0) is 36.8 Å². The second kappa shape index (κ2) is 9.01. The highest BCUT2D eigenvalue weighted by molar-refractivity contribution is 7.99. The SMILES string of the molecule is CC(Sc1nnc(-c2ccco2)n1-c1ccccc1)c1nc2scc(-c3ccccc3)c2c(=O)[nH]1. The molecule has 4 aromatic heterocycles. The van der Waals surface area contributed by atoms with Gasteiger partial charge in [0.15, 0.2) is 10.9 Å². The number of rotatable bonds is 6. The zero-order valence-electron chi connectivity index (χ0n) is 18.6. The van der Waals surface area contributed by atoms with E-state index in [0.717, 1.165) is 21.6 Å². The van der Waals surface area contributed by atoms with Crippen molar-refractivity contribution >= 4 is 33.3 Å². The minimum atomic E-state index is -0.175. The summed E-state index contributed by atoms with van der Waals surface area (Å²) in [6.45, 7) is 2.00. The Labute approximate surface area is 208 Å². The first-order valence-corrected chi connectivity index (χ1v) is 12.7. The van der Waals surface area contributed by atoms with Crippen LogP contribution in [0.15, 0.2) is 98.8 Å². The highest BCUT2D eigenvalue weighted by atomic mass is 32.2. The van der Waals surface area contributed by atoms with Crippen LogP contribution in [0.2, 0.25) is 0 Å². The van der Waals surface area contributed by atoms with Crippen LogP contribution in [0.4, 0.5) is 0 Å². The van der Waals surface area contributed by atoms with Gasteiger partial charge in [0, 0.05) is 16.6 Å². The fourth-order valence-electron chi connectivity index (χ4n) is 3.92. The van der Waals surface area contributed by atoms with Gasteiger partial charge in [-0.1, -0.05) is 60.3 Å². The largest absolute Gasteiger partial charge is 0.461 e. The van der Waals surface area contributed by atoms with E-state index in [0.29, 0.717) is 28.0 Å². The molecule has 0 spiro atoms. The van der Waals surface area contributed by atoms with Crippen molar-refractivity contribution in [2.24, 2.45) is 0 Å². The second-order valence-corrected chi connectivity index (χ2v) is 10.0. The average Bonchev–Trinajstić information content (AvgIpc) is 3.65. The van der Waals surface area contributed by atoms with Crippen molar-refractivity contribution in [1.82, 2.24) is 24.7 Å². The number of nitrogens with zero attached hydrogens (tertiary/aromatic N) is 4. The zero-order valence-corrected chi connectivity index (χ0v) is 20.2. The van der Waals surface area contributed by atoms with Crippen LogP contribution in [0.1, 0.15) is 18.0 Å². The third-order valence-corrected chi connectivity index (χ3v) is 7.53. The van der Waals surface area contributed by atoms with E-state index in [9.17, 15) is 4.79 Å². The molecule has 9 heteroatoms. The smallest absolute Gasteiger partial charge is 0.260 e. The lowest BCUT2D eigenvalue weighted by atomic mass is 10.1. The Morgan fingerprint density at radius 2 is 1.77 bits per heavy atom. The topological polar surface area (TPSA) is 89.6 Å². The van der Waals surface area contributed by atoms with Gasteiger partial charge in [-0.2, -0.15) is 0 Å². The fraction of sp³-hybridized carbons (Fsp3) is 0.0769. The lowest BCUT2D eigenvalue weighted by Crippen LogP contribution is -2.12. The molecule has 0 aliphatic rings. The van der Waals surface area contributed by atoms with Crippen LogP contribution in [0.25, 0.3) is 38.6 Å². The van der Waals surface area contributed by atoms with E-state index in [1.807, 2.05) is 89.7 Å². The number of nitrogens with one attached hydrogen (secondary N) is 1. The summed E-state index contributed by atoms with van der Waals surface area (Å²) >= 11 is 2.95. The summed E-state index contributed by atoms with van der Waals surface area (Å²) < 4.78 is 7.55. The predicted octanol–water partition coefficient (Wildman–Crippen LogP) is 6.35. The molecule has 0 radical (unpaired) electrons. The number of furan rings is 1. The van der Waals surface area contributed by atoms with Gasteiger partial charge in [0.2, 0.25) is 5.82 Å². The number of hydrogen-bond acceptors (Lipinski definition) is 7. The molecule has 0 saturated carbocycles. The van der Waals surface area contributed by atoms with E-state index < -0.39 is 0 Å². The molecule has 35 heavy (non-hydrogen) atoms. The van der Waals surface area contributed by atoms with Crippen LogP contribution >= 0.6 is 23.1 Å². The predicted molar refractivity (Wildman–Crippen MR) is 139 cm³/mol. The van der Waals surface area contributed by atoms with Crippen molar-refractivity contribution in [3.05, 3.63) is 101 Å². The Morgan fingerprint density at radius 3 is 2.51 bits per heavy atom. The summed E-state index contributed by atoms with van der Waals surface area (Å²) in [7, 11) is 0. The molecule has 0 aliphatic heterocycles. The van der Waals surface area contributed by atoms with E-state index in [1.165, 1.54) is 23.1 Å². The molecule has 172 valence electrons. The van der Waals surface area contributed by atoms with Crippen LogP contribution in [0, 0.1) is 0 Å². The molecule has 1 unspecified atom stereocenters. The lowest BCUT2D eigenvalue weighted by molar-refractivity contribution is 0.575. The van der Waals surface area contributed by atoms with Crippen LogP contribution < -0.4 is 5.56 Å². The maximum Gasteiger partial charge on any atom is 0.260 e. The minimum Gasteiger partial charge on any atom is -0.461 e. The molecule has 0 bridgehead atoms. The number of thioether (sulfide) groups is 1.